The topological polar surface area (TPSA) is 45.2 Å². The summed E-state index contributed by atoms with van der Waals surface area (Å²) in [7, 11) is 3.11. The summed E-state index contributed by atoms with van der Waals surface area (Å²) in [5.41, 5.74) is 1.35. The lowest BCUT2D eigenvalue weighted by Crippen LogP contribution is -2.56. The molecule has 2 aliphatic heterocycles. The molecular formula is C28H36F3N3O3. The summed E-state index contributed by atoms with van der Waals surface area (Å²) < 4.78 is 49.2. The number of methoxy groups -OCH3 is 2. The highest BCUT2D eigenvalue weighted by Crippen LogP contribution is 2.33. The number of likely N-dealkylation sites (tertiary alicyclic amines) is 1. The van der Waals surface area contributed by atoms with E-state index in [9.17, 15) is 18.0 Å². The van der Waals surface area contributed by atoms with Crippen LogP contribution in [0, 0.1) is 5.92 Å². The number of alkyl halides is 3. The quantitative estimate of drug-likeness (QED) is 0.472. The van der Waals surface area contributed by atoms with Crippen molar-refractivity contribution in [2.45, 2.75) is 38.0 Å². The molecule has 4 rings (SSSR count). The summed E-state index contributed by atoms with van der Waals surface area (Å²) in [6.07, 6.45) is -2.27. The van der Waals surface area contributed by atoms with Crippen molar-refractivity contribution in [3.63, 3.8) is 0 Å². The minimum Gasteiger partial charge on any atom is -0.495 e. The molecule has 2 saturated heterocycles. The molecule has 37 heavy (non-hydrogen) atoms. The predicted octanol–water partition coefficient (Wildman–Crippen LogP) is 4.68. The maximum absolute atomic E-state index is 12.9. The molecule has 2 fully saturated rings. The first-order valence-corrected chi connectivity index (χ1v) is 12.9. The van der Waals surface area contributed by atoms with E-state index in [2.05, 4.69) is 20.8 Å². The van der Waals surface area contributed by atoms with Gasteiger partial charge in [0.15, 0.2) is 0 Å². The molecule has 2 heterocycles. The number of carbonyl (C=O) groups is 1. The highest BCUT2D eigenvalue weighted by Gasteiger charge is 2.35. The predicted molar refractivity (Wildman–Crippen MR) is 137 cm³/mol. The van der Waals surface area contributed by atoms with E-state index in [1.54, 1.807) is 19.2 Å². The van der Waals surface area contributed by atoms with E-state index in [0.717, 1.165) is 81.2 Å². The van der Waals surface area contributed by atoms with Gasteiger partial charge in [0.25, 0.3) is 0 Å². The first-order valence-electron chi connectivity index (χ1n) is 12.9. The summed E-state index contributed by atoms with van der Waals surface area (Å²) in [4.78, 5) is 19.1. The SMILES string of the molecule is COC(=O)CC[C@H]1CN(Cc2ccc(C(F)(F)F)cc2)CC[C@H]1N1CCN(c2ccccc2OC)CC1. The lowest BCUT2D eigenvalue weighted by molar-refractivity contribution is -0.141. The summed E-state index contributed by atoms with van der Waals surface area (Å²) in [6.45, 7) is 5.92. The smallest absolute Gasteiger partial charge is 0.416 e. The van der Waals surface area contributed by atoms with Crippen LogP contribution in [-0.4, -0.2) is 75.3 Å². The minimum absolute atomic E-state index is 0.209. The Kier molecular flexibility index (Phi) is 8.97. The van der Waals surface area contributed by atoms with Gasteiger partial charge in [-0.05, 0) is 55.1 Å². The number of hydrogen-bond acceptors (Lipinski definition) is 6. The van der Waals surface area contributed by atoms with Crippen LogP contribution in [0.4, 0.5) is 18.9 Å². The van der Waals surface area contributed by atoms with Gasteiger partial charge in [0.05, 0.1) is 25.5 Å². The monoisotopic (exact) mass is 519 g/mol. The fourth-order valence-corrected chi connectivity index (χ4v) is 5.65. The Morgan fingerprint density at radius 1 is 0.973 bits per heavy atom. The molecule has 2 aromatic rings. The summed E-state index contributed by atoms with van der Waals surface area (Å²) in [5, 5.41) is 0. The number of benzene rings is 2. The van der Waals surface area contributed by atoms with E-state index < -0.39 is 11.7 Å². The van der Waals surface area contributed by atoms with Gasteiger partial charge in [0.2, 0.25) is 0 Å². The number of halogens is 3. The van der Waals surface area contributed by atoms with E-state index in [0.29, 0.717) is 19.0 Å². The molecule has 0 unspecified atom stereocenters. The second-order valence-corrected chi connectivity index (χ2v) is 9.86. The second kappa shape index (κ2) is 12.2. The number of ether oxygens (including phenoxy) is 2. The molecule has 202 valence electrons. The number of anilines is 1. The number of hydrogen-bond donors (Lipinski definition) is 0. The third kappa shape index (κ3) is 6.96. The molecule has 2 aromatic carbocycles. The van der Waals surface area contributed by atoms with Crippen LogP contribution < -0.4 is 9.64 Å². The highest BCUT2D eigenvalue weighted by atomic mass is 19.4. The number of esters is 1. The average Bonchev–Trinajstić information content (AvgIpc) is 2.91. The largest absolute Gasteiger partial charge is 0.495 e. The lowest BCUT2D eigenvalue weighted by Gasteiger charge is -2.47. The van der Waals surface area contributed by atoms with Crippen LogP contribution in [0.5, 0.6) is 5.75 Å². The molecule has 9 heteroatoms. The fraction of sp³-hybridized carbons (Fsp3) is 0.536. The number of carbonyl (C=O) groups excluding carboxylic acids is 1. The minimum atomic E-state index is -4.33. The number of nitrogens with zero attached hydrogens (tertiary/aromatic N) is 3. The van der Waals surface area contributed by atoms with Gasteiger partial charge in [-0.15, -0.1) is 0 Å². The summed E-state index contributed by atoms with van der Waals surface area (Å²) in [5.74, 6) is 0.947. The van der Waals surface area contributed by atoms with Crippen LogP contribution in [0.25, 0.3) is 0 Å². The second-order valence-electron chi connectivity index (χ2n) is 9.86. The van der Waals surface area contributed by atoms with Gasteiger partial charge in [-0.3, -0.25) is 14.6 Å². The van der Waals surface area contributed by atoms with Crippen LogP contribution in [0.2, 0.25) is 0 Å². The van der Waals surface area contributed by atoms with Crippen molar-refractivity contribution < 1.29 is 27.4 Å². The Labute approximate surface area is 216 Å². The molecule has 0 bridgehead atoms. The summed E-state index contributed by atoms with van der Waals surface area (Å²) >= 11 is 0. The Morgan fingerprint density at radius 2 is 1.68 bits per heavy atom. The summed E-state index contributed by atoms with van der Waals surface area (Å²) in [6, 6.07) is 13.9. The van der Waals surface area contributed by atoms with Gasteiger partial charge in [-0.1, -0.05) is 24.3 Å². The van der Waals surface area contributed by atoms with Gasteiger partial charge in [-0.2, -0.15) is 13.2 Å². The molecule has 0 saturated carbocycles. The van der Waals surface area contributed by atoms with Crippen molar-refractivity contribution in [3.8, 4) is 5.75 Å². The van der Waals surface area contributed by atoms with Crippen molar-refractivity contribution >= 4 is 11.7 Å². The molecule has 0 aliphatic carbocycles. The van der Waals surface area contributed by atoms with Gasteiger partial charge in [0, 0.05) is 51.7 Å². The lowest BCUT2D eigenvalue weighted by atomic mass is 9.86. The molecule has 6 nitrogen and oxygen atoms in total. The first kappa shape index (κ1) is 27.3. The van der Waals surface area contributed by atoms with E-state index in [1.807, 2.05) is 18.2 Å². The first-order chi connectivity index (χ1) is 17.8. The maximum Gasteiger partial charge on any atom is 0.416 e. The standard InChI is InChI=1S/C28H36F3N3O3/c1-36-26-6-4-3-5-25(26)34-17-15-33(16-18-34)24-13-14-32(20-22(24)9-12-27(35)37-2)19-21-7-10-23(11-8-21)28(29,30)31/h3-8,10-11,22,24H,9,12-20H2,1-2H3/t22-,24+/m0/s1. The van der Waals surface area contributed by atoms with Crippen molar-refractivity contribution in [2.24, 2.45) is 5.92 Å². The molecule has 0 radical (unpaired) electrons. The highest BCUT2D eigenvalue weighted by molar-refractivity contribution is 5.69. The van der Waals surface area contributed by atoms with Crippen molar-refractivity contribution in [2.75, 3.05) is 58.4 Å². The molecule has 0 spiro atoms. The van der Waals surface area contributed by atoms with Gasteiger partial charge in [0.1, 0.15) is 5.75 Å². The van der Waals surface area contributed by atoms with Crippen LogP contribution in [0.3, 0.4) is 0 Å². The zero-order valence-electron chi connectivity index (χ0n) is 21.5. The molecule has 2 atom stereocenters. The van der Waals surface area contributed by atoms with Gasteiger partial charge >= 0.3 is 12.1 Å². The molecular weight excluding hydrogens is 483 g/mol. The van der Waals surface area contributed by atoms with Crippen LogP contribution in [0.15, 0.2) is 48.5 Å². The zero-order chi connectivity index (χ0) is 26.4. The van der Waals surface area contributed by atoms with Crippen LogP contribution in [0.1, 0.15) is 30.4 Å². The molecule has 0 amide bonds. The third-order valence-corrected chi connectivity index (χ3v) is 7.62. The fourth-order valence-electron chi connectivity index (χ4n) is 5.65. The van der Waals surface area contributed by atoms with E-state index in [4.69, 9.17) is 9.47 Å². The molecule has 2 aliphatic rings. The molecule has 0 N–H and O–H groups in total. The number of rotatable bonds is 8. The van der Waals surface area contributed by atoms with E-state index in [1.165, 1.54) is 7.11 Å². The van der Waals surface area contributed by atoms with Crippen molar-refractivity contribution in [1.82, 2.24) is 9.80 Å². The maximum atomic E-state index is 12.9. The van der Waals surface area contributed by atoms with Crippen LogP contribution >= 0.6 is 0 Å². The third-order valence-electron chi connectivity index (χ3n) is 7.62. The van der Waals surface area contributed by atoms with E-state index >= 15 is 0 Å². The Bertz CT molecular complexity index is 1020. The van der Waals surface area contributed by atoms with Crippen LogP contribution in [-0.2, 0) is 22.3 Å². The normalized spacial score (nSPS) is 21.6. The van der Waals surface area contributed by atoms with Crippen molar-refractivity contribution in [3.05, 3.63) is 59.7 Å². The number of piperazine rings is 1. The number of para-hydroxylation sites is 2. The Morgan fingerprint density at radius 3 is 2.32 bits per heavy atom. The van der Waals surface area contributed by atoms with Gasteiger partial charge in [-0.25, -0.2) is 0 Å². The van der Waals surface area contributed by atoms with E-state index in [-0.39, 0.29) is 11.9 Å². The number of piperidine rings is 1. The zero-order valence-corrected chi connectivity index (χ0v) is 21.5. The average molecular weight is 520 g/mol. The Balaban J connectivity index is 1.39. The van der Waals surface area contributed by atoms with Crippen molar-refractivity contribution in [1.29, 1.82) is 0 Å². The molecule has 0 aromatic heterocycles. The van der Waals surface area contributed by atoms with Gasteiger partial charge < -0.3 is 14.4 Å². The Hall–Kier alpha value is -2.78.